The van der Waals surface area contributed by atoms with E-state index in [4.69, 9.17) is 18.9 Å². The first kappa shape index (κ1) is 131. The third-order valence-electron chi connectivity index (χ3n) is 25.6. The number of halogens is 20. The highest BCUT2D eigenvalue weighted by Crippen LogP contribution is 2.68. The molecular formula is C88H118F20N8O30S4. The van der Waals surface area contributed by atoms with Gasteiger partial charge in [-0.15, -0.1) is 0 Å². The van der Waals surface area contributed by atoms with Gasteiger partial charge in [-0.25, -0.2) is 43.3 Å². The first-order valence-electron chi connectivity index (χ1n) is 46.6. The van der Waals surface area contributed by atoms with E-state index >= 15 is 0 Å². The predicted octanol–water partition coefficient (Wildman–Crippen LogP) is 14.9. The van der Waals surface area contributed by atoms with Crippen LogP contribution in [0.4, 0.5) is 110 Å². The van der Waals surface area contributed by atoms with Gasteiger partial charge in [0.05, 0.1) is 75.2 Å². The topological polar surface area (TPSA) is 596 Å². The highest BCUT2D eigenvalue weighted by Gasteiger charge is 2.64. The molecule has 3 aromatic carbocycles. The number of carbonyl (C=O) groups is 7. The Morgan fingerprint density at radius 2 is 0.807 bits per heavy atom. The number of hydrogen-bond donors (Lipinski definition) is 3. The van der Waals surface area contributed by atoms with Crippen molar-refractivity contribution in [2.45, 2.75) is 292 Å². The van der Waals surface area contributed by atoms with Crippen molar-refractivity contribution in [1.29, 1.82) is 0 Å². The third-order valence-corrected chi connectivity index (χ3v) is 30.5. The lowest BCUT2D eigenvalue weighted by Crippen LogP contribution is -2.59. The fourth-order valence-electron chi connectivity index (χ4n) is 19.9. The Hall–Kier alpha value is -9.89. The van der Waals surface area contributed by atoms with Crippen molar-refractivity contribution >= 4 is 99.3 Å². The summed E-state index contributed by atoms with van der Waals surface area (Å²) in [6.45, 7) is -2.97. The zero-order chi connectivity index (χ0) is 114. The van der Waals surface area contributed by atoms with Crippen LogP contribution in [0.15, 0.2) is 72.8 Å². The number of amides is 1. The lowest BCUT2D eigenvalue weighted by Gasteiger charge is -2.61. The van der Waals surface area contributed by atoms with Crippen molar-refractivity contribution in [2.75, 3.05) is 56.7 Å². The molecular weight excluding hydrogens is 2160 g/mol. The first-order valence-corrected chi connectivity index (χ1v) is 52.8. The second kappa shape index (κ2) is 53.8. The molecule has 3 aromatic rings. The van der Waals surface area contributed by atoms with Crippen molar-refractivity contribution in [1.82, 2.24) is 4.90 Å². The van der Waals surface area contributed by atoms with Crippen LogP contribution < -0.4 is 17.2 Å². The summed E-state index contributed by atoms with van der Waals surface area (Å²) in [6, 6.07) is 18.9. The summed E-state index contributed by atoms with van der Waals surface area (Å²) in [5.74, 6) is -17.0. The molecule has 1 aliphatic heterocycles. The smallest absolute Gasteiger partial charge is 0.422 e. The number of quaternary nitrogens is 3. The molecule has 38 nitrogen and oxygen atoms in total. The maximum Gasteiger partial charge on any atom is 0.422 e. The minimum atomic E-state index is -5.98. The van der Waals surface area contributed by atoms with E-state index in [9.17, 15) is 194 Å². The van der Waals surface area contributed by atoms with E-state index in [1.54, 1.807) is 51.1 Å². The zero-order valence-corrected chi connectivity index (χ0v) is 84.4. The summed E-state index contributed by atoms with van der Waals surface area (Å²) in [7, 11) is -18.0. The minimum Gasteiger partial charge on any atom is -0.748 e. The fraction of sp³-hybridized carbons (Fsp3) is 0.716. The molecule has 11 aliphatic rings. The van der Waals surface area contributed by atoms with Crippen molar-refractivity contribution < 1.29 is 229 Å². The van der Waals surface area contributed by atoms with Crippen LogP contribution in [-0.2, 0) is 122 Å². The van der Waals surface area contributed by atoms with Crippen molar-refractivity contribution in [3.05, 3.63) is 124 Å². The van der Waals surface area contributed by atoms with Crippen LogP contribution in [0.1, 0.15) is 224 Å². The minimum absolute atomic E-state index is 0.00202. The third kappa shape index (κ3) is 45.0. The number of hydrogen-bond acceptors (Lipinski definition) is 30. The Morgan fingerprint density at radius 3 is 1.12 bits per heavy atom. The first-order chi connectivity index (χ1) is 68.7. The van der Waals surface area contributed by atoms with Crippen LogP contribution in [0.3, 0.4) is 0 Å². The second-order valence-corrected chi connectivity index (χ2v) is 45.5. The molecule has 0 spiro atoms. The molecule has 1 amide bonds. The normalized spacial score (nSPS) is 22.9. The van der Waals surface area contributed by atoms with E-state index in [2.05, 4.69) is 35.5 Å². The van der Waals surface area contributed by atoms with Gasteiger partial charge in [0, 0.05) is 41.8 Å². The van der Waals surface area contributed by atoms with Gasteiger partial charge in [0.25, 0.3) is 17.1 Å². The fourth-order valence-corrected chi connectivity index (χ4v) is 23.6. The highest BCUT2D eigenvalue weighted by molar-refractivity contribution is 8.12. The number of esters is 6. The predicted molar refractivity (Wildman–Crippen MR) is 477 cm³/mol. The number of nitro benzene ring substituents is 3. The van der Waals surface area contributed by atoms with E-state index in [1.807, 2.05) is 4.90 Å². The molecule has 150 heavy (non-hydrogen) atoms. The van der Waals surface area contributed by atoms with Gasteiger partial charge in [-0.3, -0.25) is 54.3 Å². The number of para-hydroxylation sites is 3. The van der Waals surface area contributed by atoms with E-state index < -0.39 is 230 Å². The van der Waals surface area contributed by atoms with Gasteiger partial charge in [-0.2, -0.15) is 87.8 Å². The summed E-state index contributed by atoms with van der Waals surface area (Å²) in [4.78, 5) is 119. The summed E-state index contributed by atoms with van der Waals surface area (Å²) in [6.07, 6.45) is -6.36. The second-order valence-electron chi connectivity index (χ2n) is 38.9. The van der Waals surface area contributed by atoms with Gasteiger partial charge in [0.15, 0.2) is 29.9 Å². The van der Waals surface area contributed by atoms with Crippen LogP contribution >= 0.6 is 0 Å². The Kier molecular flexibility index (Phi) is 46.8. The zero-order valence-electron chi connectivity index (χ0n) is 81.2. The number of carbonyl (C=O) groups excluding carboxylic acids is 7. The number of rotatable bonds is 33. The highest BCUT2D eigenvalue weighted by atomic mass is 32.3. The maximum absolute atomic E-state index is 13.5. The molecule has 62 heteroatoms. The molecule has 0 radical (unpaired) electrons. The standard InChI is InChI=1S/C22H25F2NO9S.C21H25NO9S.C20H28N2O4.C10H15F3O4.3C4H6F5N.C3H6NO4S2/c23-22(24,35(30,31)32)13-34-19(27)21-8-14-5-15(9-21)7-20(6-14,12-21)10-18(26)33-11-16-3-1-2-4-17(16)25(28)29;23-18(30-11-16-3-1-2-4-17(16)22(25)26)10-20-6-14-5-15(7-20)9-21(8-14,13-20)31-19(24)12-32(27,28)29;23-20(26-15-16-9-7-8-14-19(16)22(24)25)21(17-10-3-1-4-11-17)18-12-5-2-6-13-18;1-4-9(2,3)8(15)16-5-7(14)17-6-10(11,12)13;3*5-3(6,2-10)1-4(7,8)9;5-9(6)2-1-3-10(7,8)4-9/h1-4,14-15H,5-13H2,(H,30,31,32);1-4,14-15H,5-13H2,(H,27,28,29);7-9,14,17-18H,1-6,10-13,15H2;4-6H2,1-3H3;3*1-2,10H2;1-3H2/q;;;;;;;-1/p+1. The Bertz CT molecular complexity index is 5420. The van der Waals surface area contributed by atoms with Crippen molar-refractivity contribution in [3.63, 3.8) is 0 Å². The molecule has 10 aliphatic carbocycles. The molecule has 0 aromatic heterocycles. The maximum atomic E-state index is 13.5. The van der Waals surface area contributed by atoms with Crippen molar-refractivity contribution in [2.24, 2.45) is 45.3 Å². The number of benzene rings is 3. The quantitative estimate of drug-likeness (QED) is 0.0127. The molecule has 8 bridgehead atoms. The van der Waals surface area contributed by atoms with Crippen LogP contribution in [0.25, 0.3) is 4.13 Å². The summed E-state index contributed by atoms with van der Waals surface area (Å²) < 4.78 is 379. The van der Waals surface area contributed by atoms with Gasteiger partial charge in [-0.1, -0.05) is 81.8 Å². The van der Waals surface area contributed by atoms with Gasteiger partial charge >= 0.3 is 89.6 Å². The van der Waals surface area contributed by atoms with Gasteiger partial charge in [-0.05, 0) is 182 Å². The number of nitrogens with zero attached hydrogens (tertiary/aromatic N) is 5. The average molecular weight is 2280 g/mol. The average Bonchev–Trinajstić information content (AvgIpc) is 0.719. The largest absolute Gasteiger partial charge is 0.748 e. The Balaban J connectivity index is 0.000000318. The van der Waals surface area contributed by atoms with Crippen LogP contribution in [0.2, 0.25) is 0 Å². The lowest BCUT2D eigenvalue weighted by molar-refractivity contribution is -0.413. The van der Waals surface area contributed by atoms with E-state index in [0.717, 1.165) is 77.0 Å². The monoisotopic (exact) mass is 2270 g/mol. The van der Waals surface area contributed by atoms with E-state index in [1.165, 1.54) is 55.3 Å². The molecule has 14 rings (SSSR count). The van der Waals surface area contributed by atoms with Crippen LogP contribution in [-0.4, -0.2) is 226 Å². The molecule has 9 N–H and O–H groups in total. The van der Waals surface area contributed by atoms with Gasteiger partial charge in [0.2, 0.25) is 0 Å². The summed E-state index contributed by atoms with van der Waals surface area (Å²) in [5.41, 5.74) is 4.97. The van der Waals surface area contributed by atoms with E-state index in [0.29, 0.717) is 62.5 Å². The van der Waals surface area contributed by atoms with Crippen LogP contribution in [0, 0.1) is 75.7 Å². The number of alkyl halides is 20. The summed E-state index contributed by atoms with van der Waals surface area (Å²) >= 11 is 0. The van der Waals surface area contributed by atoms with E-state index in [-0.39, 0.29) is 121 Å². The van der Waals surface area contributed by atoms with Gasteiger partial charge in [0.1, 0.15) is 80.2 Å². The molecule has 854 valence electrons. The molecule has 1 heterocycles. The van der Waals surface area contributed by atoms with Gasteiger partial charge < -0.3 is 68.5 Å². The number of nitro groups is 3. The molecule has 10 saturated carbocycles. The molecule has 4 unspecified atom stereocenters. The number of sulfonamides is 2. The number of ether oxygens (including phenoxy) is 7. The van der Waals surface area contributed by atoms with Crippen LogP contribution in [0.5, 0.6) is 0 Å². The molecule has 1 saturated heterocycles. The lowest BCUT2D eigenvalue weighted by atomic mass is 9.43. The molecule has 11 fully saturated rings. The molecule has 4 atom stereocenters. The Labute approximate surface area is 847 Å². The SMILES string of the molecule is CCC(C)(C)C(=O)OCC(=O)OCC(F)(F)F.O=C(CC12CC3CC(C1)CC(C(=O)OCC(F)(F)S(=O)(=O)[O-])(C3)C2)OCc1ccccc1[N+](=O)[O-].O=C(CC12CC3CC(C1)CC(OC(=O)CS(=O)(=O)[O-])(C3)C2)OCc1ccccc1[N+](=O)[O-].O=C(OCc1ccccc1[N+](=O)[O-])N(C1CCCCC1)C1CCCCC1.O=S1(=O)CCCS(=O)(=O)[N-]1.[NH3+]CC(F)(F)CC(F)(F)F.[NH3+]CC(F)(F)CC(F)(F)F.[NH3+]CC(F)(F)CC(F)(F)F. The Morgan fingerprint density at radius 1 is 0.453 bits per heavy atom. The summed E-state index contributed by atoms with van der Waals surface area (Å²) in [5, 5.41) is 28.7. The van der Waals surface area contributed by atoms with Crippen molar-refractivity contribution in [3.8, 4) is 0 Å².